The van der Waals surface area contributed by atoms with Crippen LogP contribution in [0.4, 0.5) is 14.4 Å². The Balaban J connectivity index is 1.69. The molecular weight excluding hydrogens is 704 g/mol. The zero-order chi connectivity index (χ0) is 40.1. The highest BCUT2D eigenvalue weighted by Gasteiger charge is 2.25. The van der Waals surface area contributed by atoms with Crippen molar-refractivity contribution in [3.05, 3.63) is 53.8 Å². The Bertz CT molecular complexity index is 1320. The Labute approximate surface area is 329 Å². The van der Waals surface area contributed by atoms with Crippen molar-refractivity contribution in [3.63, 3.8) is 0 Å². The first kappa shape index (κ1) is 46.9. The van der Waals surface area contributed by atoms with Crippen molar-refractivity contribution in [2.45, 2.75) is 136 Å². The number of amides is 4. The minimum absolute atomic E-state index is 0.0281. The first-order chi connectivity index (χ1) is 26.8. The molecule has 2 N–H and O–H groups in total. The van der Waals surface area contributed by atoms with Crippen molar-refractivity contribution >= 4 is 24.2 Å². The highest BCUT2D eigenvalue weighted by molar-refractivity contribution is 5.98. The number of para-hydroxylation sites is 1. The average molecular weight is 773 g/mol. The van der Waals surface area contributed by atoms with Crippen molar-refractivity contribution in [3.8, 4) is 5.75 Å². The molecule has 4 amide bonds. The molecule has 13 heteroatoms. The van der Waals surface area contributed by atoms with Crippen LogP contribution in [0.15, 0.2) is 48.2 Å². The summed E-state index contributed by atoms with van der Waals surface area (Å²) in [5.74, 6) is 0.187. The first-order valence-electron chi connectivity index (χ1n) is 20.4. The lowest BCUT2D eigenvalue weighted by Gasteiger charge is -2.27. The van der Waals surface area contributed by atoms with Crippen molar-refractivity contribution in [2.75, 3.05) is 47.1 Å². The number of allylic oxidation sites excluding steroid dienone is 2. The maximum absolute atomic E-state index is 13.3. The summed E-state index contributed by atoms with van der Waals surface area (Å²) in [5, 5.41) is 6.42. The molecule has 310 valence electrons. The third-order valence-electron chi connectivity index (χ3n) is 9.48. The van der Waals surface area contributed by atoms with Gasteiger partial charge < -0.3 is 39.3 Å². The monoisotopic (exact) mass is 772 g/mol. The summed E-state index contributed by atoms with van der Waals surface area (Å²) >= 11 is 0. The number of unbranched alkanes of at least 4 members (excludes halogenated alkanes) is 12. The van der Waals surface area contributed by atoms with Gasteiger partial charge in [0.25, 0.3) is 5.91 Å². The zero-order valence-electron chi connectivity index (χ0n) is 34.1. The summed E-state index contributed by atoms with van der Waals surface area (Å²) in [6.45, 7) is 6.15. The molecule has 1 heterocycles. The molecule has 13 nitrogen and oxygen atoms in total. The SMILES string of the molecule is CCCCCCCCCCCCCCCC(CC)NC(=O)ON(CCC)C(=O)OCC(COC(=O)NCC1=CC=CCN1C(=O)c1ccccc1OC)OC. The fourth-order valence-corrected chi connectivity index (χ4v) is 6.15. The summed E-state index contributed by atoms with van der Waals surface area (Å²) < 4.78 is 21.4. The van der Waals surface area contributed by atoms with Gasteiger partial charge in [-0.15, -0.1) is 5.06 Å². The second-order valence-electron chi connectivity index (χ2n) is 13.9. The van der Waals surface area contributed by atoms with Crippen LogP contribution in [0.3, 0.4) is 0 Å². The number of alkyl carbamates (subject to hydrolysis) is 1. The highest BCUT2D eigenvalue weighted by Crippen LogP contribution is 2.22. The largest absolute Gasteiger partial charge is 0.496 e. The number of hydrogen-bond donors (Lipinski definition) is 2. The topological polar surface area (TPSA) is 145 Å². The molecule has 1 aliphatic rings. The molecule has 2 unspecified atom stereocenters. The summed E-state index contributed by atoms with van der Waals surface area (Å²) in [5.41, 5.74) is 0.970. The van der Waals surface area contributed by atoms with E-state index in [0.29, 0.717) is 30.0 Å². The van der Waals surface area contributed by atoms with E-state index in [1.54, 1.807) is 35.2 Å². The van der Waals surface area contributed by atoms with Gasteiger partial charge in [-0.1, -0.05) is 129 Å². The third-order valence-corrected chi connectivity index (χ3v) is 9.48. The summed E-state index contributed by atoms with van der Waals surface area (Å²) in [7, 11) is 2.90. The highest BCUT2D eigenvalue weighted by atomic mass is 16.8. The van der Waals surface area contributed by atoms with Crippen molar-refractivity contribution in [2.24, 2.45) is 0 Å². The molecule has 55 heavy (non-hydrogen) atoms. The third kappa shape index (κ3) is 19.2. The number of hydrogen-bond acceptors (Lipinski definition) is 9. The lowest BCUT2D eigenvalue weighted by atomic mass is 10.0. The molecule has 1 aromatic carbocycles. The normalized spacial score (nSPS) is 13.3. The molecule has 0 saturated heterocycles. The molecule has 0 spiro atoms. The van der Waals surface area contributed by atoms with Crippen LogP contribution in [0.2, 0.25) is 0 Å². The van der Waals surface area contributed by atoms with Crippen molar-refractivity contribution in [1.29, 1.82) is 0 Å². The van der Waals surface area contributed by atoms with Crippen LogP contribution >= 0.6 is 0 Å². The van der Waals surface area contributed by atoms with Crippen LogP contribution < -0.4 is 15.4 Å². The van der Waals surface area contributed by atoms with Gasteiger partial charge >= 0.3 is 18.3 Å². The van der Waals surface area contributed by atoms with Gasteiger partial charge in [-0.2, -0.15) is 0 Å². The van der Waals surface area contributed by atoms with Gasteiger partial charge in [0, 0.05) is 25.4 Å². The summed E-state index contributed by atoms with van der Waals surface area (Å²) in [4.78, 5) is 58.3. The first-order valence-corrected chi connectivity index (χ1v) is 20.4. The van der Waals surface area contributed by atoms with Gasteiger partial charge in [0.05, 0.1) is 25.8 Å². The predicted molar refractivity (Wildman–Crippen MR) is 214 cm³/mol. The molecule has 0 bridgehead atoms. The van der Waals surface area contributed by atoms with E-state index in [1.807, 2.05) is 26.0 Å². The van der Waals surface area contributed by atoms with Crippen molar-refractivity contribution < 1.29 is 43.0 Å². The van der Waals surface area contributed by atoms with E-state index in [-0.39, 0.29) is 38.3 Å². The van der Waals surface area contributed by atoms with Crippen LogP contribution in [-0.2, 0) is 19.0 Å². The predicted octanol–water partition coefficient (Wildman–Crippen LogP) is 9.08. The molecular formula is C42H68N4O9. The number of nitrogens with zero attached hydrogens (tertiary/aromatic N) is 2. The second-order valence-corrected chi connectivity index (χ2v) is 13.9. The van der Waals surface area contributed by atoms with E-state index in [2.05, 4.69) is 17.6 Å². The minimum atomic E-state index is -0.856. The molecule has 1 aliphatic heterocycles. The van der Waals surface area contributed by atoms with E-state index in [4.69, 9.17) is 23.8 Å². The smallest absolute Gasteiger partial charge is 0.443 e. The van der Waals surface area contributed by atoms with Gasteiger partial charge in [0.1, 0.15) is 25.1 Å². The number of hydroxylamine groups is 2. The molecule has 2 rings (SSSR count). The molecule has 0 saturated carbocycles. The molecule has 0 aromatic heterocycles. The van der Waals surface area contributed by atoms with Crippen LogP contribution in [0, 0.1) is 0 Å². The number of nitrogens with one attached hydrogen (secondary N) is 2. The van der Waals surface area contributed by atoms with E-state index in [1.165, 1.54) is 84.8 Å². The number of ether oxygens (including phenoxy) is 4. The quantitative estimate of drug-likeness (QED) is 0.0661. The summed E-state index contributed by atoms with van der Waals surface area (Å²) in [6, 6.07) is 6.88. The Morgan fingerprint density at radius 3 is 2.05 bits per heavy atom. The van der Waals surface area contributed by atoms with Crippen LogP contribution in [0.25, 0.3) is 0 Å². The van der Waals surface area contributed by atoms with Gasteiger partial charge in [-0.3, -0.25) is 4.79 Å². The van der Waals surface area contributed by atoms with E-state index in [9.17, 15) is 19.2 Å². The Morgan fingerprint density at radius 1 is 0.800 bits per heavy atom. The van der Waals surface area contributed by atoms with Crippen LogP contribution in [-0.4, -0.2) is 93.4 Å². The van der Waals surface area contributed by atoms with E-state index < -0.39 is 24.4 Å². The lowest BCUT2D eigenvalue weighted by molar-refractivity contribution is -0.0935. The Morgan fingerprint density at radius 2 is 1.44 bits per heavy atom. The number of carbonyl (C=O) groups is 4. The molecule has 2 atom stereocenters. The van der Waals surface area contributed by atoms with Gasteiger partial charge in [0.15, 0.2) is 0 Å². The zero-order valence-corrected chi connectivity index (χ0v) is 34.1. The molecule has 0 radical (unpaired) electrons. The standard InChI is InChI=1S/C42H68N4O9/c1-6-9-10-11-12-13-14-15-16-17-18-19-20-25-34(8-3)44-41(49)55-46(29-7-2)42(50)54-33-36(51-4)32-53-40(48)43-31-35-26-23-24-30-45(35)39(47)37-27-21-22-28-38(37)52-5/h21-24,26-28,34,36H,6-20,25,29-33H2,1-5H3,(H,43,48)(H,44,49). The maximum Gasteiger partial charge on any atom is 0.443 e. The van der Waals surface area contributed by atoms with Crippen LogP contribution in [0.1, 0.15) is 134 Å². The number of methoxy groups -OCH3 is 2. The van der Waals surface area contributed by atoms with Crippen molar-refractivity contribution in [1.82, 2.24) is 20.6 Å². The maximum atomic E-state index is 13.3. The average Bonchev–Trinajstić information content (AvgIpc) is 3.20. The van der Waals surface area contributed by atoms with Gasteiger partial charge in [0.2, 0.25) is 0 Å². The number of rotatable bonds is 27. The second kappa shape index (κ2) is 29.1. The van der Waals surface area contributed by atoms with Gasteiger partial charge in [-0.25, -0.2) is 14.4 Å². The van der Waals surface area contributed by atoms with E-state index in [0.717, 1.165) is 30.7 Å². The van der Waals surface area contributed by atoms with E-state index >= 15 is 0 Å². The molecule has 0 aliphatic carbocycles. The number of carbonyl (C=O) groups excluding carboxylic acids is 4. The Kier molecular flexibility index (Phi) is 24.8. The summed E-state index contributed by atoms with van der Waals surface area (Å²) in [6.07, 6.45) is 21.1. The van der Waals surface area contributed by atoms with Crippen LogP contribution in [0.5, 0.6) is 5.75 Å². The number of benzene rings is 1. The van der Waals surface area contributed by atoms with Gasteiger partial charge in [-0.05, 0) is 37.5 Å². The fourth-order valence-electron chi connectivity index (χ4n) is 6.15. The molecule has 1 aromatic rings. The Hall–Kier alpha value is -4.26. The molecule has 0 fully saturated rings. The fraction of sp³-hybridized carbons (Fsp3) is 0.667. The lowest BCUT2D eigenvalue weighted by Crippen LogP contribution is -2.43. The minimum Gasteiger partial charge on any atom is -0.496 e.